The summed E-state index contributed by atoms with van der Waals surface area (Å²) in [5, 5.41) is 4.61. The van der Waals surface area contributed by atoms with Crippen molar-refractivity contribution in [3.63, 3.8) is 0 Å². The molecule has 0 aliphatic heterocycles. The molecule has 7 heteroatoms. The molecule has 0 bridgehead atoms. The first-order valence-corrected chi connectivity index (χ1v) is 9.33. The zero-order valence-corrected chi connectivity index (χ0v) is 16.5. The number of nitrogens with zero attached hydrogens (tertiary/aromatic N) is 2. The molecule has 0 saturated carbocycles. The van der Waals surface area contributed by atoms with Gasteiger partial charge in [-0.05, 0) is 41.6 Å². The first-order valence-electron chi connectivity index (χ1n) is 8.95. The number of amides is 2. The van der Waals surface area contributed by atoms with Crippen LogP contribution in [0.15, 0.2) is 48.7 Å². The maximum atomic E-state index is 13.3. The Bertz CT molecular complexity index is 997. The summed E-state index contributed by atoms with van der Waals surface area (Å²) in [5.74, 6) is 0.0210. The number of ether oxygens (including phenoxy) is 1. The molecule has 2 amide bonds. The molecule has 3 aromatic rings. The van der Waals surface area contributed by atoms with E-state index in [0.717, 1.165) is 22.8 Å². The largest absolute Gasteiger partial charge is 0.481 e. The van der Waals surface area contributed by atoms with Gasteiger partial charge in [0, 0.05) is 30.4 Å². The molecule has 0 aliphatic carbocycles. The molecule has 3 rings (SSSR count). The van der Waals surface area contributed by atoms with Crippen LogP contribution in [0.2, 0.25) is 5.02 Å². The molecule has 0 aliphatic rings. The molecule has 0 spiro atoms. The number of rotatable bonds is 6. The Labute approximate surface area is 168 Å². The second kappa shape index (κ2) is 8.89. The summed E-state index contributed by atoms with van der Waals surface area (Å²) < 4.78 is 18.7. The Morgan fingerprint density at radius 3 is 2.68 bits per heavy atom. The zero-order valence-electron chi connectivity index (χ0n) is 15.7. The van der Waals surface area contributed by atoms with Crippen LogP contribution in [-0.2, 0) is 6.54 Å². The minimum Gasteiger partial charge on any atom is -0.481 e. The van der Waals surface area contributed by atoms with Gasteiger partial charge < -0.3 is 15.0 Å². The number of pyridine rings is 1. The van der Waals surface area contributed by atoms with E-state index in [9.17, 15) is 9.18 Å². The van der Waals surface area contributed by atoms with E-state index in [2.05, 4.69) is 10.3 Å². The fourth-order valence-corrected chi connectivity index (χ4v) is 3.20. The number of carbonyl (C=O) groups is 1. The maximum Gasteiger partial charge on any atom is 0.322 e. The second-order valence-electron chi connectivity index (χ2n) is 6.32. The van der Waals surface area contributed by atoms with Crippen LogP contribution in [0.3, 0.4) is 0 Å². The molecule has 0 atom stereocenters. The fourth-order valence-electron chi connectivity index (χ4n) is 3.02. The number of carbonyl (C=O) groups excluding carboxylic acids is 1. The van der Waals surface area contributed by atoms with E-state index < -0.39 is 5.82 Å². The molecule has 1 aromatic heterocycles. The van der Waals surface area contributed by atoms with Gasteiger partial charge in [0.15, 0.2) is 0 Å². The van der Waals surface area contributed by atoms with Crippen molar-refractivity contribution in [2.24, 2.45) is 0 Å². The Hall–Kier alpha value is -2.86. The lowest BCUT2D eigenvalue weighted by Crippen LogP contribution is -2.35. The highest BCUT2D eigenvalue weighted by Gasteiger charge is 2.17. The van der Waals surface area contributed by atoms with Gasteiger partial charge in [0.2, 0.25) is 5.88 Å². The molecular weight excluding hydrogens is 381 g/mol. The standard InChI is InChI=1S/C21H21ClFN3O2/c1-3-10-26(21(27)25-15-8-9-19(23)18(22)11-15)13-14-12-24-20(28-2)17-7-5-4-6-16(14)17/h4-9,11-12H,3,10,13H2,1-2H3,(H,25,27). The SMILES string of the molecule is CCCN(Cc1cnc(OC)c2ccccc12)C(=O)Nc1ccc(F)c(Cl)c1. The van der Waals surface area contributed by atoms with Gasteiger partial charge in [-0.3, -0.25) is 0 Å². The van der Waals surface area contributed by atoms with Crippen LogP contribution in [0.25, 0.3) is 10.8 Å². The van der Waals surface area contributed by atoms with E-state index >= 15 is 0 Å². The first kappa shape index (κ1) is 19.9. The Kier molecular flexibility index (Phi) is 6.31. The summed E-state index contributed by atoms with van der Waals surface area (Å²) in [4.78, 5) is 18.8. The molecule has 0 saturated heterocycles. The van der Waals surface area contributed by atoms with Crippen molar-refractivity contribution in [1.82, 2.24) is 9.88 Å². The number of hydrogen-bond donors (Lipinski definition) is 1. The monoisotopic (exact) mass is 401 g/mol. The number of benzene rings is 2. The molecule has 5 nitrogen and oxygen atoms in total. The quantitative estimate of drug-likeness (QED) is 0.595. The number of fused-ring (bicyclic) bond motifs is 1. The number of aromatic nitrogens is 1. The average molecular weight is 402 g/mol. The Balaban J connectivity index is 1.86. The minimum absolute atomic E-state index is 0.0369. The van der Waals surface area contributed by atoms with Gasteiger partial charge in [0.25, 0.3) is 0 Å². The zero-order chi connectivity index (χ0) is 20.1. The summed E-state index contributed by atoms with van der Waals surface area (Å²) in [6, 6.07) is 11.6. The fraction of sp³-hybridized carbons (Fsp3) is 0.238. The van der Waals surface area contributed by atoms with E-state index in [-0.39, 0.29) is 11.1 Å². The summed E-state index contributed by atoms with van der Waals surface area (Å²) in [7, 11) is 1.58. The number of hydrogen-bond acceptors (Lipinski definition) is 3. The Morgan fingerprint density at radius 2 is 2.00 bits per heavy atom. The maximum absolute atomic E-state index is 13.3. The molecule has 1 heterocycles. The summed E-state index contributed by atoms with van der Waals surface area (Å²) >= 11 is 5.80. The topological polar surface area (TPSA) is 54.5 Å². The van der Waals surface area contributed by atoms with Crippen LogP contribution in [0.1, 0.15) is 18.9 Å². The highest BCUT2D eigenvalue weighted by molar-refractivity contribution is 6.31. The second-order valence-corrected chi connectivity index (χ2v) is 6.73. The highest BCUT2D eigenvalue weighted by atomic mass is 35.5. The number of methoxy groups -OCH3 is 1. The third kappa shape index (κ3) is 4.34. The van der Waals surface area contributed by atoms with Crippen molar-refractivity contribution < 1.29 is 13.9 Å². The Morgan fingerprint density at radius 1 is 1.25 bits per heavy atom. The molecule has 0 fully saturated rings. The molecule has 1 N–H and O–H groups in total. The number of nitrogens with one attached hydrogen (secondary N) is 1. The van der Waals surface area contributed by atoms with Gasteiger partial charge in [-0.25, -0.2) is 14.2 Å². The van der Waals surface area contributed by atoms with Gasteiger partial charge in [0.05, 0.1) is 12.1 Å². The molecule has 146 valence electrons. The smallest absolute Gasteiger partial charge is 0.322 e. The van der Waals surface area contributed by atoms with Crippen LogP contribution >= 0.6 is 11.6 Å². The minimum atomic E-state index is -0.527. The highest BCUT2D eigenvalue weighted by Crippen LogP contribution is 2.27. The molecule has 0 unspecified atom stereocenters. The molecule has 2 aromatic carbocycles. The van der Waals surface area contributed by atoms with Gasteiger partial charge >= 0.3 is 6.03 Å². The van der Waals surface area contributed by atoms with Gasteiger partial charge in [-0.15, -0.1) is 0 Å². The van der Waals surface area contributed by atoms with Crippen LogP contribution < -0.4 is 10.1 Å². The van der Waals surface area contributed by atoms with Crippen molar-refractivity contribution in [2.45, 2.75) is 19.9 Å². The normalized spacial score (nSPS) is 10.7. The summed E-state index contributed by atoms with van der Waals surface area (Å²) in [6.07, 6.45) is 2.52. The van der Waals surface area contributed by atoms with Crippen LogP contribution in [-0.4, -0.2) is 29.6 Å². The lowest BCUT2D eigenvalue weighted by Gasteiger charge is -2.23. The van der Waals surface area contributed by atoms with Crippen LogP contribution in [0, 0.1) is 5.82 Å². The molecule has 0 radical (unpaired) electrons. The van der Waals surface area contributed by atoms with Crippen LogP contribution in [0.5, 0.6) is 5.88 Å². The van der Waals surface area contributed by atoms with Crippen molar-refractivity contribution >= 4 is 34.1 Å². The molecular formula is C21H21ClFN3O2. The third-order valence-corrected chi connectivity index (χ3v) is 4.64. The summed E-state index contributed by atoms with van der Waals surface area (Å²) in [5.41, 5.74) is 1.35. The number of urea groups is 1. The van der Waals surface area contributed by atoms with Gasteiger partial charge in [0.1, 0.15) is 5.82 Å². The van der Waals surface area contributed by atoms with E-state index in [1.54, 1.807) is 18.2 Å². The number of halogens is 2. The number of anilines is 1. The van der Waals surface area contributed by atoms with E-state index in [4.69, 9.17) is 16.3 Å². The van der Waals surface area contributed by atoms with Gasteiger partial charge in [-0.2, -0.15) is 0 Å². The van der Waals surface area contributed by atoms with Crippen molar-refractivity contribution in [3.05, 3.63) is 65.1 Å². The average Bonchev–Trinajstić information content (AvgIpc) is 2.70. The van der Waals surface area contributed by atoms with E-state index in [1.165, 1.54) is 18.2 Å². The van der Waals surface area contributed by atoms with E-state index in [0.29, 0.717) is 24.7 Å². The lowest BCUT2D eigenvalue weighted by molar-refractivity contribution is 0.209. The lowest BCUT2D eigenvalue weighted by atomic mass is 10.1. The predicted molar refractivity (Wildman–Crippen MR) is 109 cm³/mol. The van der Waals surface area contributed by atoms with Crippen molar-refractivity contribution in [2.75, 3.05) is 19.0 Å². The third-order valence-electron chi connectivity index (χ3n) is 4.35. The summed E-state index contributed by atoms with van der Waals surface area (Å²) in [6.45, 7) is 2.94. The van der Waals surface area contributed by atoms with Gasteiger partial charge in [-0.1, -0.05) is 36.7 Å². The van der Waals surface area contributed by atoms with E-state index in [1.807, 2.05) is 31.2 Å². The van der Waals surface area contributed by atoms with Crippen LogP contribution in [0.4, 0.5) is 14.9 Å². The van der Waals surface area contributed by atoms with Crippen molar-refractivity contribution in [3.8, 4) is 5.88 Å². The molecule has 28 heavy (non-hydrogen) atoms. The predicted octanol–water partition coefficient (Wildman–Crippen LogP) is 5.48. The first-order chi connectivity index (χ1) is 13.5. The van der Waals surface area contributed by atoms with Crippen molar-refractivity contribution in [1.29, 1.82) is 0 Å².